The van der Waals surface area contributed by atoms with Gasteiger partial charge in [0, 0.05) is 31.5 Å². The number of aryl methyl sites for hydroxylation is 2. The van der Waals surface area contributed by atoms with E-state index < -0.39 is 21.9 Å². The van der Waals surface area contributed by atoms with E-state index in [1.807, 2.05) is 38.1 Å². The normalized spacial score (nSPS) is 11.9. The van der Waals surface area contributed by atoms with Crippen LogP contribution in [0.4, 0.5) is 0 Å². The van der Waals surface area contributed by atoms with Crippen molar-refractivity contribution >= 4 is 43.5 Å². The molecule has 0 aliphatic carbocycles. The van der Waals surface area contributed by atoms with Gasteiger partial charge in [-0.3, -0.25) is 9.59 Å². The maximum Gasteiger partial charge on any atom is 0.325 e. The molecule has 0 saturated heterocycles. The van der Waals surface area contributed by atoms with Crippen molar-refractivity contribution in [1.82, 2.24) is 8.87 Å². The van der Waals surface area contributed by atoms with Crippen LogP contribution in [0.2, 0.25) is 0 Å². The van der Waals surface area contributed by atoms with Gasteiger partial charge in [-0.05, 0) is 61.4 Å². The van der Waals surface area contributed by atoms with Crippen LogP contribution in [0.5, 0.6) is 0 Å². The number of sulfonamides is 1. The third kappa shape index (κ3) is 6.30. The summed E-state index contributed by atoms with van der Waals surface area (Å²) in [6.45, 7) is 3.72. The highest BCUT2D eigenvalue weighted by atomic mass is 32.2. The Morgan fingerprint density at radius 2 is 1.65 bits per heavy atom. The van der Waals surface area contributed by atoms with Gasteiger partial charge in [0.2, 0.25) is 10.0 Å². The second-order valence-corrected chi connectivity index (χ2v) is 11.1. The lowest BCUT2D eigenvalue weighted by Gasteiger charge is -2.20. The van der Waals surface area contributed by atoms with E-state index in [2.05, 4.69) is 4.99 Å². The molecule has 0 spiro atoms. The van der Waals surface area contributed by atoms with Gasteiger partial charge in [0.1, 0.15) is 6.54 Å². The Morgan fingerprint density at radius 1 is 1.05 bits per heavy atom. The number of hydrogen-bond donors (Lipinski definition) is 0. The quantitative estimate of drug-likeness (QED) is 0.380. The number of hydrogen-bond acceptors (Lipinski definition) is 8. The van der Waals surface area contributed by atoms with Gasteiger partial charge in [-0.25, -0.2) is 8.42 Å². The minimum Gasteiger partial charge on any atom is -0.468 e. The Balaban J connectivity index is 1.98. The van der Waals surface area contributed by atoms with Gasteiger partial charge < -0.3 is 9.30 Å². The molecule has 37 heavy (non-hydrogen) atoms. The number of carbonyl (C=O) groups excluding carboxylic acids is 2. The zero-order valence-corrected chi connectivity index (χ0v) is 22.2. The molecule has 0 atom stereocenters. The first kappa shape index (κ1) is 27.7. The number of aromatic nitrogens is 1. The van der Waals surface area contributed by atoms with Crippen molar-refractivity contribution in [2.45, 2.75) is 38.1 Å². The third-order valence-corrected chi connectivity index (χ3v) is 8.65. The van der Waals surface area contributed by atoms with Gasteiger partial charge in [0.15, 0.2) is 4.80 Å². The molecule has 0 fully saturated rings. The van der Waals surface area contributed by atoms with E-state index in [9.17, 15) is 18.0 Å². The number of thiazole rings is 1. The topological polar surface area (TPSA) is 146 Å². The van der Waals surface area contributed by atoms with Crippen molar-refractivity contribution in [1.29, 1.82) is 10.5 Å². The highest BCUT2D eigenvalue weighted by Crippen LogP contribution is 2.23. The van der Waals surface area contributed by atoms with Crippen LogP contribution in [-0.2, 0) is 26.1 Å². The summed E-state index contributed by atoms with van der Waals surface area (Å²) in [5.41, 5.74) is 3.00. The smallest absolute Gasteiger partial charge is 0.325 e. The summed E-state index contributed by atoms with van der Waals surface area (Å²) in [6, 6.07) is 13.0. The highest BCUT2D eigenvalue weighted by molar-refractivity contribution is 7.89. The summed E-state index contributed by atoms with van der Waals surface area (Å²) in [5.74, 6) is -1.09. The molecule has 0 N–H and O–H groups in total. The van der Waals surface area contributed by atoms with Gasteiger partial charge in [-0.1, -0.05) is 11.3 Å². The standard InChI is InChI=1S/C25H25N5O5S2/c1-17-14-21-22(15-18(17)2)36-25(30(21)16-23(31)35-3)28-24(32)19-6-8-20(9-7-19)37(33,34)29(12-4-10-26)13-5-11-27/h6-9,14-15H,4-5,12-13,16H2,1-3H3. The molecule has 0 radical (unpaired) electrons. The highest BCUT2D eigenvalue weighted by Gasteiger charge is 2.24. The average molecular weight is 540 g/mol. The second-order valence-electron chi connectivity index (χ2n) is 8.11. The van der Waals surface area contributed by atoms with Crippen molar-refractivity contribution < 1.29 is 22.7 Å². The molecule has 12 heteroatoms. The van der Waals surface area contributed by atoms with Crippen LogP contribution in [0.3, 0.4) is 0 Å². The Labute approximate surface area is 218 Å². The molecule has 3 aromatic rings. The van der Waals surface area contributed by atoms with Crippen molar-refractivity contribution in [2.75, 3.05) is 20.2 Å². The first-order chi connectivity index (χ1) is 17.6. The number of ether oxygens (including phenoxy) is 1. The van der Waals surface area contributed by atoms with Crippen molar-refractivity contribution in [2.24, 2.45) is 4.99 Å². The Kier molecular flexibility index (Phi) is 8.95. The second kappa shape index (κ2) is 11.9. The molecule has 1 aromatic heterocycles. The van der Waals surface area contributed by atoms with Crippen molar-refractivity contribution in [3.8, 4) is 12.1 Å². The number of fused-ring (bicyclic) bond motifs is 1. The number of esters is 1. The Morgan fingerprint density at radius 3 is 2.22 bits per heavy atom. The molecule has 0 unspecified atom stereocenters. The predicted molar refractivity (Wildman–Crippen MR) is 137 cm³/mol. The van der Waals surface area contributed by atoms with E-state index in [-0.39, 0.29) is 42.9 Å². The number of rotatable bonds is 9. The van der Waals surface area contributed by atoms with Crippen LogP contribution < -0.4 is 4.80 Å². The maximum atomic E-state index is 13.0. The molecule has 192 valence electrons. The number of methoxy groups -OCH3 is 1. The lowest BCUT2D eigenvalue weighted by atomic mass is 10.1. The summed E-state index contributed by atoms with van der Waals surface area (Å²) in [4.78, 5) is 29.5. The minimum atomic E-state index is -3.96. The number of amides is 1. The van der Waals surface area contributed by atoms with E-state index >= 15 is 0 Å². The molecule has 0 saturated carbocycles. The zero-order valence-electron chi connectivity index (χ0n) is 20.6. The Hall–Kier alpha value is -3.84. The molecule has 2 aromatic carbocycles. The van der Waals surface area contributed by atoms with Crippen molar-refractivity contribution in [3.05, 3.63) is 57.9 Å². The lowest BCUT2D eigenvalue weighted by molar-refractivity contribution is -0.141. The summed E-state index contributed by atoms with van der Waals surface area (Å²) >= 11 is 1.26. The predicted octanol–water partition coefficient (Wildman–Crippen LogP) is 3.05. The van der Waals surface area contributed by atoms with Gasteiger partial charge in [0.05, 0.1) is 34.4 Å². The Bertz CT molecular complexity index is 1570. The fraction of sp³-hybridized carbons (Fsp3) is 0.320. The van der Waals surface area contributed by atoms with Gasteiger partial charge in [-0.15, -0.1) is 0 Å². The fourth-order valence-corrected chi connectivity index (χ4v) is 6.07. The lowest BCUT2D eigenvalue weighted by Crippen LogP contribution is -2.32. The van der Waals surface area contributed by atoms with Gasteiger partial charge in [-0.2, -0.15) is 19.8 Å². The van der Waals surface area contributed by atoms with Crippen LogP contribution in [0, 0.1) is 36.5 Å². The summed E-state index contributed by atoms with van der Waals surface area (Å²) < 4.78 is 34.4. The molecule has 10 nitrogen and oxygen atoms in total. The van der Waals surface area contributed by atoms with Gasteiger partial charge in [0.25, 0.3) is 5.91 Å². The summed E-state index contributed by atoms with van der Waals surface area (Å²) in [6.07, 6.45) is -0.0280. The molecular weight excluding hydrogens is 514 g/mol. The van der Waals surface area contributed by atoms with Crippen LogP contribution in [-0.4, -0.2) is 49.4 Å². The fourth-order valence-electron chi connectivity index (χ4n) is 3.52. The monoisotopic (exact) mass is 539 g/mol. The van der Waals surface area contributed by atoms with E-state index in [0.717, 1.165) is 25.6 Å². The number of nitrogens with zero attached hydrogens (tertiary/aromatic N) is 5. The molecular formula is C25H25N5O5S2. The SMILES string of the molecule is COC(=O)Cn1c(=NC(=O)c2ccc(S(=O)(=O)N(CCC#N)CCC#N)cc2)sc2cc(C)c(C)cc21. The minimum absolute atomic E-state index is 0.0140. The maximum absolute atomic E-state index is 13.0. The third-order valence-electron chi connectivity index (χ3n) is 5.70. The largest absolute Gasteiger partial charge is 0.468 e. The summed E-state index contributed by atoms with van der Waals surface area (Å²) in [5, 5.41) is 17.7. The van der Waals surface area contributed by atoms with Crippen LogP contribution >= 0.6 is 11.3 Å². The van der Waals surface area contributed by atoms with E-state index in [0.29, 0.717) is 4.80 Å². The van der Waals surface area contributed by atoms with E-state index in [4.69, 9.17) is 15.3 Å². The molecule has 1 amide bonds. The zero-order chi connectivity index (χ0) is 27.2. The molecule has 0 aliphatic rings. The first-order valence-electron chi connectivity index (χ1n) is 11.2. The number of benzene rings is 2. The van der Waals surface area contributed by atoms with Crippen LogP contribution in [0.1, 0.15) is 34.3 Å². The van der Waals surface area contributed by atoms with Gasteiger partial charge >= 0.3 is 5.97 Å². The van der Waals surface area contributed by atoms with E-state index in [1.54, 1.807) is 4.57 Å². The molecule has 0 bridgehead atoms. The number of nitriles is 2. The van der Waals surface area contributed by atoms with E-state index in [1.165, 1.54) is 42.7 Å². The molecule has 0 aliphatic heterocycles. The average Bonchev–Trinajstić information content (AvgIpc) is 3.19. The first-order valence-corrected chi connectivity index (χ1v) is 13.5. The van der Waals surface area contributed by atoms with Crippen LogP contribution in [0.25, 0.3) is 10.2 Å². The molecule has 3 rings (SSSR count). The summed E-state index contributed by atoms with van der Waals surface area (Å²) in [7, 11) is -2.68. The van der Waals surface area contributed by atoms with Crippen LogP contribution in [0.15, 0.2) is 46.3 Å². The molecule has 1 heterocycles. The van der Waals surface area contributed by atoms with Crippen molar-refractivity contribution in [3.63, 3.8) is 0 Å². The number of carbonyl (C=O) groups is 2.